The molecular weight excluding hydrogens is 323 g/mol. The molecule has 0 spiro atoms. The van der Waals surface area contributed by atoms with Crippen molar-refractivity contribution in [2.24, 2.45) is 0 Å². The highest BCUT2D eigenvalue weighted by Crippen LogP contribution is 2.24. The molecule has 0 aliphatic heterocycles. The van der Waals surface area contributed by atoms with E-state index >= 15 is 0 Å². The molecule has 2 aromatic carbocycles. The Hall–Kier alpha value is -2.67. The molecule has 1 heterocycles. The first kappa shape index (κ1) is 15.2. The van der Waals surface area contributed by atoms with Crippen LogP contribution in [-0.4, -0.2) is 8.42 Å². The van der Waals surface area contributed by atoms with Crippen LogP contribution in [-0.2, 0) is 10.1 Å². The minimum Gasteiger partial charge on any atom is -0.423 e. The van der Waals surface area contributed by atoms with E-state index in [0.29, 0.717) is 5.39 Å². The van der Waals surface area contributed by atoms with Gasteiger partial charge in [0, 0.05) is 17.5 Å². The Kier molecular flexibility index (Phi) is 3.65. The first-order valence-corrected chi connectivity index (χ1v) is 8.00. The first-order valence-electron chi connectivity index (χ1n) is 6.60. The molecule has 0 unspecified atom stereocenters. The normalized spacial score (nSPS) is 11.6. The summed E-state index contributed by atoms with van der Waals surface area (Å²) in [5.41, 5.74) is -0.106. The third kappa shape index (κ3) is 3.09. The van der Waals surface area contributed by atoms with Crippen LogP contribution in [0.2, 0.25) is 0 Å². The Morgan fingerprint density at radius 3 is 2.52 bits per heavy atom. The van der Waals surface area contributed by atoms with Crippen molar-refractivity contribution in [2.75, 3.05) is 0 Å². The third-order valence-electron chi connectivity index (χ3n) is 3.21. The summed E-state index contributed by atoms with van der Waals surface area (Å²) in [7, 11) is -4.13. The van der Waals surface area contributed by atoms with Crippen LogP contribution in [0.3, 0.4) is 0 Å². The molecule has 118 valence electrons. The minimum absolute atomic E-state index is 0.00410. The van der Waals surface area contributed by atoms with E-state index in [1.807, 2.05) is 0 Å². The Balaban J connectivity index is 2.01. The van der Waals surface area contributed by atoms with Gasteiger partial charge in [0.15, 0.2) is 0 Å². The first-order chi connectivity index (χ1) is 10.8. The fourth-order valence-corrected chi connectivity index (χ4v) is 3.29. The molecule has 0 atom stereocenters. The van der Waals surface area contributed by atoms with Gasteiger partial charge < -0.3 is 8.60 Å². The van der Waals surface area contributed by atoms with Crippen LogP contribution in [0.25, 0.3) is 11.0 Å². The van der Waals surface area contributed by atoms with E-state index in [-0.39, 0.29) is 21.8 Å². The molecule has 0 N–H and O–H groups in total. The Labute approximate surface area is 131 Å². The zero-order valence-electron chi connectivity index (χ0n) is 11.9. The Bertz CT molecular complexity index is 1050. The van der Waals surface area contributed by atoms with Crippen molar-refractivity contribution in [2.45, 2.75) is 11.8 Å². The number of halogens is 1. The molecule has 3 rings (SSSR count). The smallest absolute Gasteiger partial charge is 0.339 e. The molecule has 0 aliphatic rings. The zero-order chi connectivity index (χ0) is 16.6. The van der Waals surface area contributed by atoms with Gasteiger partial charge in [0.05, 0.1) is 0 Å². The molecule has 0 saturated heterocycles. The molecule has 5 nitrogen and oxygen atoms in total. The van der Waals surface area contributed by atoms with Crippen molar-refractivity contribution in [3.63, 3.8) is 0 Å². The maximum Gasteiger partial charge on any atom is 0.339 e. The Morgan fingerprint density at radius 1 is 1.04 bits per heavy atom. The van der Waals surface area contributed by atoms with Crippen molar-refractivity contribution in [1.82, 2.24) is 0 Å². The van der Waals surface area contributed by atoms with Gasteiger partial charge in [-0.15, -0.1) is 0 Å². The van der Waals surface area contributed by atoms with Gasteiger partial charge in [-0.05, 0) is 48.9 Å². The van der Waals surface area contributed by atoms with E-state index < -0.39 is 21.6 Å². The third-order valence-corrected chi connectivity index (χ3v) is 4.62. The number of hydrogen-bond donors (Lipinski definition) is 0. The second kappa shape index (κ2) is 5.51. The topological polar surface area (TPSA) is 73.6 Å². The van der Waals surface area contributed by atoms with Gasteiger partial charge in [0.1, 0.15) is 22.0 Å². The summed E-state index contributed by atoms with van der Waals surface area (Å²) in [4.78, 5) is 11.1. The van der Waals surface area contributed by atoms with Gasteiger partial charge in [0.25, 0.3) is 0 Å². The summed E-state index contributed by atoms with van der Waals surface area (Å²) in [6.07, 6.45) is 0. The van der Waals surface area contributed by atoms with E-state index in [9.17, 15) is 17.6 Å². The van der Waals surface area contributed by atoms with Crippen molar-refractivity contribution in [3.8, 4) is 5.75 Å². The second-order valence-corrected chi connectivity index (χ2v) is 6.42. The number of benzene rings is 2. The van der Waals surface area contributed by atoms with Crippen LogP contribution in [0.15, 0.2) is 62.6 Å². The number of hydrogen-bond acceptors (Lipinski definition) is 5. The van der Waals surface area contributed by atoms with Crippen molar-refractivity contribution < 1.29 is 21.4 Å². The summed E-state index contributed by atoms with van der Waals surface area (Å²) >= 11 is 0. The van der Waals surface area contributed by atoms with Crippen LogP contribution in [0.4, 0.5) is 4.39 Å². The summed E-state index contributed by atoms with van der Waals surface area (Å²) in [5.74, 6) is -0.537. The maximum absolute atomic E-state index is 13.1. The molecule has 3 aromatic rings. The predicted octanol–water partition coefficient (Wildman–Crippen LogP) is 3.01. The van der Waals surface area contributed by atoms with Gasteiger partial charge >= 0.3 is 15.7 Å². The van der Waals surface area contributed by atoms with Gasteiger partial charge in [-0.25, -0.2) is 9.18 Å². The molecule has 1 aromatic heterocycles. The number of fused-ring (bicyclic) bond motifs is 1. The lowest BCUT2D eigenvalue weighted by Crippen LogP contribution is -2.11. The van der Waals surface area contributed by atoms with E-state index in [4.69, 9.17) is 8.60 Å². The quantitative estimate of drug-likeness (QED) is 0.544. The zero-order valence-corrected chi connectivity index (χ0v) is 12.8. The summed E-state index contributed by atoms with van der Waals surface area (Å²) in [5, 5.41) is 0.632. The fraction of sp³-hybridized carbons (Fsp3) is 0.0625. The number of aryl methyl sites for hydroxylation is 1. The predicted molar refractivity (Wildman–Crippen MR) is 81.4 cm³/mol. The van der Waals surface area contributed by atoms with E-state index in [2.05, 4.69) is 0 Å². The SMILES string of the molecule is Cc1cc(F)ccc1S(=O)(=O)Oc1ccc2ccc(=O)oc2c1. The molecule has 0 fully saturated rings. The van der Waals surface area contributed by atoms with Crippen molar-refractivity contribution in [3.05, 3.63) is 70.3 Å². The summed E-state index contributed by atoms with van der Waals surface area (Å²) < 4.78 is 47.7. The average molecular weight is 334 g/mol. The monoisotopic (exact) mass is 334 g/mol. The lowest BCUT2D eigenvalue weighted by atomic mass is 10.2. The van der Waals surface area contributed by atoms with Crippen LogP contribution in [0.1, 0.15) is 5.56 Å². The fourth-order valence-electron chi connectivity index (χ4n) is 2.16. The minimum atomic E-state index is -4.13. The van der Waals surface area contributed by atoms with Gasteiger partial charge in [-0.3, -0.25) is 0 Å². The average Bonchev–Trinajstić information content (AvgIpc) is 2.45. The largest absolute Gasteiger partial charge is 0.423 e. The van der Waals surface area contributed by atoms with E-state index in [1.165, 1.54) is 25.1 Å². The molecule has 7 heteroatoms. The van der Waals surface area contributed by atoms with Crippen molar-refractivity contribution >= 4 is 21.1 Å². The van der Waals surface area contributed by atoms with Crippen molar-refractivity contribution in [1.29, 1.82) is 0 Å². The second-order valence-electron chi connectivity index (χ2n) is 4.90. The van der Waals surface area contributed by atoms with Crippen LogP contribution < -0.4 is 9.81 Å². The van der Waals surface area contributed by atoms with Gasteiger partial charge in [-0.1, -0.05) is 0 Å². The Morgan fingerprint density at radius 2 is 1.78 bits per heavy atom. The summed E-state index contributed by atoms with van der Waals surface area (Å²) in [6, 6.07) is 10.4. The highest BCUT2D eigenvalue weighted by molar-refractivity contribution is 7.87. The standard InChI is InChI=1S/C16H11FO5S/c1-10-8-12(17)4-6-15(10)23(19,20)22-13-5-2-11-3-7-16(18)21-14(11)9-13/h2-9H,1H3. The van der Waals surface area contributed by atoms with E-state index in [1.54, 1.807) is 12.1 Å². The van der Waals surface area contributed by atoms with Gasteiger partial charge in [0.2, 0.25) is 0 Å². The summed E-state index contributed by atoms with van der Waals surface area (Å²) in [6.45, 7) is 1.47. The van der Waals surface area contributed by atoms with Crippen LogP contribution >= 0.6 is 0 Å². The van der Waals surface area contributed by atoms with E-state index in [0.717, 1.165) is 18.2 Å². The molecule has 23 heavy (non-hydrogen) atoms. The van der Waals surface area contributed by atoms with Gasteiger partial charge in [-0.2, -0.15) is 8.42 Å². The maximum atomic E-state index is 13.1. The molecule has 0 amide bonds. The molecule has 0 aliphatic carbocycles. The highest BCUT2D eigenvalue weighted by atomic mass is 32.2. The molecule has 0 saturated carbocycles. The lowest BCUT2D eigenvalue weighted by molar-refractivity contribution is 0.484. The molecule has 0 radical (unpaired) electrons. The molecular formula is C16H11FO5S. The highest BCUT2D eigenvalue weighted by Gasteiger charge is 2.20. The van der Waals surface area contributed by atoms with Crippen LogP contribution in [0.5, 0.6) is 5.75 Å². The number of rotatable bonds is 3. The molecule has 0 bridgehead atoms. The lowest BCUT2D eigenvalue weighted by Gasteiger charge is -2.09. The van der Waals surface area contributed by atoms with Crippen LogP contribution in [0, 0.1) is 12.7 Å².